The molecule has 0 saturated carbocycles. The highest BCUT2D eigenvalue weighted by Crippen LogP contribution is 2.21. The monoisotopic (exact) mass is 296 g/mol. The van der Waals surface area contributed by atoms with E-state index in [2.05, 4.69) is 28.2 Å². The smallest absolute Gasteiger partial charge is 0.254 e. The molecule has 0 aromatic heterocycles. The zero-order valence-electron chi connectivity index (χ0n) is 10.2. The van der Waals surface area contributed by atoms with Crippen molar-refractivity contribution < 1.29 is 4.79 Å². The molecular weight excluding hydrogens is 280 g/mol. The van der Waals surface area contributed by atoms with Crippen molar-refractivity contribution in [2.75, 3.05) is 19.6 Å². The number of hydrogen-bond donors (Lipinski definition) is 1. The van der Waals surface area contributed by atoms with E-state index in [0.29, 0.717) is 0 Å². The summed E-state index contributed by atoms with van der Waals surface area (Å²) >= 11 is 3.47. The average molecular weight is 297 g/mol. The minimum absolute atomic E-state index is 0.137. The SMILES string of the molecule is Cc1c(Br)cccc1C(=O)N1CCNC[C@@H]1C. The molecule has 1 fully saturated rings. The van der Waals surface area contributed by atoms with E-state index in [1.807, 2.05) is 30.0 Å². The van der Waals surface area contributed by atoms with Crippen LogP contribution in [0.25, 0.3) is 0 Å². The number of nitrogens with zero attached hydrogens (tertiary/aromatic N) is 1. The van der Waals surface area contributed by atoms with Gasteiger partial charge in [0.2, 0.25) is 0 Å². The fourth-order valence-electron chi connectivity index (χ4n) is 2.14. The average Bonchev–Trinajstić information content (AvgIpc) is 2.32. The molecule has 1 N–H and O–H groups in total. The van der Waals surface area contributed by atoms with E-state index in [1.54, 1.807) is 0 Å². The predicted octanol–water partition coefficient (Wildman–Crippen LogP) is 2.19. The Morgan fingerprint density at radius 2 is 2.29 bits per heavy atom. The first-order valence-electron chi connectivity index (χ1n) is 5.88. The topological polar surface area (TPSA) is 32.3 Å². The van der Waals surface area contributed by atoms with Gasteiger partial charge in [0.1, 0.15) is 0 Å². The maximum atomic E-state index is 12.5. The van der Waals surface area contributed by atoms with E-state index in [4.69, 9.17) is 0 Å². The lowest BCUT2D eigenvalue weighted by atomic mass is 10.1. The highest BCUT2D eigenvalue weighted by atomic mass is 79.9. The van der Waals surface area contributed by atoms with Gasteiger partial charge in [-0.2, -0.15) is 0 Å². The second-order valence-electron chi connectivity index (χ2n) is 4.46. The van der Waals surface area contributed by atoms with Gasteiger partial charge in [-0.25, -0.2) is 0 Å². The third kappa shape index (κ3) is 2.53. The van der Waals surface area contributed by atoms with E-state index in [0.717, 1.165) is 35.2 Å². The summed E-state index contributed by atoms with van der Waals surface area (Å²) in [6.07, 6.45) is 0. The largest absolute Gasteiger partial charge is 0.333 e. The molecule has 1 aromatic carbocycles. The van der Waals surface area contributed by atoms with E-state index >= 15 is 0 Å². The van der Waals surface area contributed by atoms with Crippen LogP contribution in [-0.2, 0) is 0 Å². The fourth-order valence-corrected chi connectivity index (χ4v) is 2.50. The highest BCUT2D eigenvalue weighted by Gasteiger charge is 2.25. The van der Waals surface area contributed by atoms with Gasteiger partial charge in [0.05, 0.1) is 0 Å². The molecule has 0 spiro atoms. The number of piperazine rings is 1. The van der Waals surface area contributed by atoms with E-state index in [9.17, 15) is 4.79 Å². The zero-order chi connectivity index (χ0) is 12.4. The number of benzene rings is 1. The molecule has 2 rings (SSSR count). The van der Waals surface area contributed by atoms with E-state index in [1.165, 1.54) is 0 Å². The number of amides is 1. The van der Waals surface area contributed by atoms with Gasteiger partial charge in [0.25, 0.3) is 5.91 Å². The molecule has 1 amide bonds. The van der Waals surface area contributed by atoms with Crippen LogP contribution >= 0.6 is 15.9 Å². The second-order valence-corrected chi connectivity index (χ2v) is 5.32. The van der Waals surface area contributed by atoms with Crippen molar-refractivity contribution in [3.63, 3.8) is 0 Å². The Balaban J connectivity index is 2.27. The summed E-state index contributed by atoms with van der Waals surface area (Å²) in [5.74, 6) is 0.137. The molecular formula is C13H17BrN2O. The predicted molar refractivity (Wildman–Crippen MR) is 72.2 cm³/mol. The van der Waals surface area contributed by atoms with Crippen LogP contribution in [0.2, 0.25) is 0 Å². The number of hydrogen-bond acceptors (Lipinski definition) is 2. The summed E-state index contributed by atoms with van der Waals surface area (Å²) in [7, 11) is 0. The Bertz CT molecular complexity index is 433. The molecule has 92 valence electrons. The lowest BCUT2D eigenvalue weighted by Gasteiger charge is -2.34. The maximum Gasteiger partial charge on any atom is 0.254 e. The van der Waals surface area contributed by atoms with Gasteiger partial charge in [0, 0.05) is 35.7 Å². The molecule has 1 saturated heterocycles. The molecule has 1 aromatic rings. The van der Waals surface area contributed by atoms with Crippen LogP contribution in [0.5, 0.6) is 0 Å². The first kappa shape index (κ1) is 12.6. The van der Waals surface area contributed by atoms with Gasteiger partial charge in [-0.15, -0.1) is 0 Å². The molecule has 0 unspecified atom stereocenters. The number of carbonyl (C=O) groups is 1. The molecule has 0 aliphatic carbocycles. The van der Waals surface area contributed by atoms with Crippen molar-refractivity contribution >= 4 is 21.8 Å². The Morgan fingerprint density at radius 3 is 3.00 bits per heavy atom. The molecule has 1 atom stereocenters. The minimum atomic E-state index is 0.137. The van der Waals surface area contributed by atoms with Crippen LogP contribution < -0.4 is 5.32 Å². The lowest BCUT2D eigenvalue weighted by Crippen LogP contribution is -2.52. The van der Waals surface area contributed by atoms with Crippen molar-refractivity contribution in [2.45, 2.75) is 19.9 Å². The normalized spacial score (nSPS) is 20.4. The minimum Gasteiger partial charge on any atom is -0.333 e. The number of nitrogens with one attached hydrogen (secondary N) is 1. The van der Waals surface area contributed by atoms with E-state index in [-0.39, 0.29) is 11.9 Å². The van der Waals surface area contributed by atoms with Gasteiger partial charge in [-0.05, 0) is 31.5 Å². The van der Waals surface area contributed by atoms with Crippen molar-refractivity contribution in [1.82, 2.24) is 10.2 Å². The molecule has 0 radical (unpaired) electrons. The first-order valence-corrected chi connectivity index (χ1v) is 6.67. The molecule has 0 bridgehead atoms. The summed E-state index contributed by atoms with van der Waals surface area (Å²) in [4.78, 5) is 14.4. The van der Waals surface area contributed by atoms with Crippen molar-refractivity contribution in [3.8, 4) is 0 Å². The summed E-state index contributed by atoms with van der Waals surface area (Å²) in [6.45, 7) is 6.59. The summed E-state index contributed by atoms with van der Waals surface area (Å²) in [5.41, 5.74) is 1.82. The second kappa shape index (κ2) is 5.19. The van der Waals surface area contributed by atoms with Crippen LogP contribution in [0.15, 0.2) is 22.7 Å². The quantitative estimate of drug-likeness (QED) is 0.862. The molecule has 17 heavy (non-hydrogen) atoms. The first-order chi connectivity index (χ1) is 8.11. The van der Waals surface area contributed by atoms with Crippen molar-refractivity contribution in [3.05, 3.63) is 33.8 Å². The number of rotatable bonds is 1. The van der Waals surface area contributed by atoms with Gasteiger partial charge < -0.3 is 10.2 Å². The summed E-state index contributed by atoms with van der Waals surface area (Å²) in [5, 5.41) is 3.29. The Hall–Kier alpha value is -0.870. The third-order valence-electron chi connectivity index (χ3n) is 3.26. The van der Waals surface area contributed by atoms with E-state index < -0.39 is 0 Å². The Labute approximate surface area is 110 Å². The fraction of sp³-hybridized carbons (Fsp3) is 0.462. The van der Waals surface area contributed by atoms with Crippen molar-refractivity contribution in [2.24, 2.45) is 0 Å². The van der Waals surface area contributed by atoms with Gasteiger partial charge in [-0.1, -0.05) is 22.0 Å². The Morgan fingerprint density at radius 1 is 1.53 bits per heavy atom. The molecule has 1 aliphatic heterocycles. The maximum absolute atomic E-state index is 12.5. The standard InChI is InChI=1S/C13H17BrN2O/c1-9-8-15-6-7-16(9)13(17)11-4-3-5-12(14)10(11)2/h3-5,9,15H,6-8H2,1-2H3/t9-/m0/s1. The van der Waals surface area contributed by atoms with Crippen LogP contribution in [0, 0.1) is 6.92 Å². The van der Waals surface area contributed by atoms with Crippen LogP contribution in [0.4, 0.5) is 0 Å². The van der Waals surface area contributed by atoms with Gasteiger partial charge in [0.15, 0.2) is 0 Å². The molecule has 1 aliphatic rings. The molecule has 3 nitrogen and oxygen atoms in total. The Kier molecular flexibility index (Phi) is 3.84. The van der Waals surface area contributed by atoms with Crippen LogP contribution in [0.1, 0.15) is 22.8 Å². The van der Waals surface area contributed by atoms with Crippen molar-refractivity contribution in [1.29, 1.82) is 0 Å². The highest BCUT2D eigenvalue weighted by molar-refractivity contribution is 9.10. The molecule has 4 heteroatoms. The van der Waals surface area contributed by atoms with Gasteiger partial charge >= 0.3 is 0 Å². The van der Waals surface area contributed by atoms with Crippen LogP contribution in [-0.4, -0.2) is 36.5 Å². The third-order valence-corrected chi connectivity index (χ3v) is 4.12. The zero-order valence-corrected chi connectivity index (χ0v) is 11.8. The lowest BCUT2D eigenvalue weighted by molar-refractivity contribution is 0.0655. The molecule has 1 heterocycles. The number of carbonyl (C=O) groups excluding carboxylic acids is 1. The number of halogens is 1. The van der Waals surface area contributed by atoms with Gasteiger partial charge in [-0.3, -0.25) is 4.79 Å². The summed E-state index contributed by atoms with van der Waals surface area (Å²) in [6, 6.07) is 6.04. The summed E-state index contributed by atoms with van der Waals surface area (Å²) < 4.78 is 0.992. The van der Waals surface area contributed by atoms with Crippen LogP contribution in [0.3, 0.4) is 0 Å².